The molecule has 28 heavy (non-hydrogen) atoms. The van der Waals surface area contributed by atoms with Gasteiger partial charge in [0.05, 0.1) is 12.6 Å². The highest BCUT2D eigenvalue weighted by Crippen LogP contribution is 2.06. The number of hydrogen-bond acceptors (Lipinski definition) is 7. The zero-order chi connectivity index (χ0) is 21.7. The van der Waals surface area contributed by atoms with Gasteiger partial charge in [0.15, 0.2) is 0 Å². The molecule has 0 aromatic heterocycles. The maximum Gasteiger partial charge on any atom is 0.327 e. The van der Waals surface area contributed by atoms with E-state index >= 15 is 0 Å². The van der Waals surface area contributed by atoms with Gasteiger partial charge in [-0.2, -0.15) is 12.6 Å². The number of aliphatic carboxylic acids is 1. The Kier molecular flexibility index (Phi) is 13.3. The topological polar surface area (TPSA) is 177 Å². The van der Waals surface area contributed by atoms with Crippen molar-refractivity contribution < 1.29 is 24.3 Å². The molecule has 0 radical (unpaired) electrons. The largest absolute Gasteiger partial charge is 0.480 e. The highest BCUT2D eigenvalue weighted by molar-refractivity contribution is 7.80. The van der Waals surface area contributed by atoms with Crippen LogP contribution in [-0.4, -0.2) is 65.8 Å². The molecular formula is C17H33N5O5S. The molecule has 0 aliphatic carbocycles. The molecule has 0 aromatic rings. The smallest absolute Gasteiger partial charge is 0.327 e. The number of carboxylic acids is 1. The molecular weight excluding hydrogens is 386 g/mol. The normalized spacial score (nSPS) is 14.1. The van der Waals surface area contributed by atoms with E-state index in [9.17, 15) is 19.2 Å². The minimum Gasteiger partial charge on any atom is -0.480 e. The van der Waals surface area contributed by atoms with Crippen LogP contribution in [0.15, 0.2) is 0 Å². The van der Waals surface area contributed by atoms with E-state index in [1.165, 1.54) is 0 Å². The molecule has 0 fully saturated rings. The summed E-state index contributed by atoms with van der Waals surface area (Å²) in [6.45, 7) is 3.89. The van der Waals surface area contributed by atoms with Crippen LogP contribution >= 0.6 is 12.6 Å². The van der Waals surface area contributed by atoms with Gasteiger partial charge in [0.2, 0.25) is 17.7 Å². The number of thiol groups is 1. The van der Waals surface area contributed by atoms with E-state index in [0.717, 1.165) is 6.42 Å². The van der Waals surface area contributed by atoms with Crippen molar-refractivity contribution in [2.24, 2.45) is 17.4 Å². The molecule has 0 rings (SSSR count). The van der Waals surface area contributed by atoms with E-state index in [-0.39, 0.29) is 11.7 Å². The Balaban J connectivity index is 4.70. The molecule has 0 aliphatic rings. The van der Waals surface area contributed by atoms with Gasteiger partial charge in [0.1, 0.15) is 12.1 Å². The Labute approximate surface area is 171 Å². The monoisotopic (exact) mass is 419 g/mol. The molecule has 0 saturated heterocycles. The first-order valence-electron chi connectivity index (χ1n) is 9.29. The fourth-order valence-corrected chi connectivity index (χ4v) is 2.59. The van der Waals surface area contributed by atoms with Crippen LogP contribution in [0.1, 0.15) is 39.5 Å². The van der Waals surface area contributed by atoms with E-state index in [4.69, 9.17) is 16.6 Å². The second-order valence-electron chi connectivity index (χ2n) is 6.94. The zero-order valence-electron chi connectivity index (χ0n) is 16.4. The Bertz CT molecular complexity index is 532. The third kappa shape index (κ3) is 11.1. The zero-order valence-corrected chi connectivity index (χ0v) is 17.3. The van der Waals surface area contributed by atoms with Crippen LogP contribution in [0.2, 0.25) is 0 Å². The molecule has 8 N–H and O–H groups in total. The Hall–Kier alpha value is -1.85. The second-order valence-corrected chi connectivity index (χ2v) is 7.31. The van der Waals surface area contributed by atoms with Gasteiger partial charge in [0, 0.05) is 5.75 Å². The van der Waals surface area contributed by atoms with Crippen LogP contribution in [0.4, 0.5) is 0 Å². The number of rotatable bonds is 14. The predicted molar refractivity (Wildman–Crippen MR) is 109 cm³/mol. The lowest BCUT2D eigenvalue weighted by Crippen LogP contribution is -2.54. The van der Waals surface area contributed by atoms with Crippen molar-refractivity contribution in [3.05, 3.63) is 0 Å². The molecule has 0 heterocycles. The van der Waals surface area contributed by atoms with E-state index in [2.05, 4.69) is 28.6 Å². The second kappa shape index (κ2) is 14.2. The molecule has 0 saturated carbocycles. The van der Waals surface area contributed by atoms with Crippen LogP contribution in [0.25, 0.3) is 0 Å². The number of unbranched alkanes of at least 4 members (excludes halogenated alkanes) is 1. The van der Waals surface area contributed by atoms with Crippen LogP contribution in [-0.2, 0) is 19.2 Å². The SMILES string of the molecule is CC(C)CC(NC(=O)C(N)CCCCN)C(=O)NCC(=O)NC(CS)C(=O)O. The molecule has 0 bridgehead atoms. The maximum atomic E-state index is 12.4. The van der Waals surface area contributed by atoms with Crippen molar-refractivity contribution in [1.29, 1.82) is 0 Å². The number of nitrogens with two attached hydrogens (primary N) is 2. The van der Waals surface area contributed by atoms with E-state index in [1.54, 1.807) is 0 Å². The summed E-state index contributed by atoms with van der Waals surface area (Å²) < 4.78 is 0. The Morgan fingerprint density at radius 2 is 1.68 bits per heavy atom. The van der Waals surface area contributed by atoms with Crippen LogP contribution in [0, 0.1) is 5.92 Å². The molecule has 0 aliphatic heterocycles. The van der Waals surface area contributed by atoms with Crippen molar-refractivity contribution in [3.63, 3.8) is 0 Å². The summed E-state index contributed by atoms with van der Waals surface area (Å²) in [7, 11) is 0. The summed E-state index contributed by atoms with van der Waals surface area (Å²) in [4.78, 5) is 47.3. The number of hydrogen-bond donors (Lipinski definition) is 7. The minimum absolute atomic E-state index is 0.0803. The summed E-state index contributed by atoms with van der Waals surface area (Å²) in [6, 6.07) is -2.74. The first kappa shape index (κ1) is 26.1. The van der Waals surface area contributed by atoms with Gasteiger partial charge in [-0.1, -0.05) is 20.3 Å². The molecule has 0 aromatic carbocycles. The number of nitrogens with one attached hydrogen (secondary N) is 3. The highest BCUT2D eigenvalue weighted by atomic mass is 32.1. The minimum atomic E-state index is -1.22. The van der Waals surface area contributed by atoms with Gasteiger partial charge in [-0.05, 0) is 31.7 Å². The van der Waals surface area contributed by atoms with Crippen molar-refractivity contribution in [2.45, 2.75) is 57.7 Å². The summed E-state index contributed by atoms with van der Waals surface area (Å²) in [5, 5.41) is 16.2. The third-order valence-corrected chi connectivity index (χ3v) is 4.25. The van der Waals surface area contributed by atoms with Crippen LogP contribution < -0.4 is 27.4 Å². The van der Waals surface area contributed by atoms with E-state index in [1.807, 2.05) is 13.8 Å². The molecule has 3 amide bonds. The lowest BCUT2D eigenvalue weighted by molar-refractivity contribution is -0.141. The quantitative estimate of drug-likeness (QED) is 0.134. The average molecular weight is 420 g/mol. The van der Waals surface area contributed by atoms with Crippen LogP contribution in [0.5, 0.6) is 0 Å². The standard InChI is InChI=1S/C17H33N5O5S/c1-10(2)7-12(22-15(24)11(19)5-3-4-6-18)16(25)20-8-14(23)21-13(9-28)17(26)27/h10-13,28H,3-9,18-19H2,1-2H3,(H,20,25)(H,21,23)(H,22,24)(H,26,27). The van der Waals surface area contributed by atoms with Crippen molar-refractivity contribution in [2.75, 3.05) is 18.8 Å². The van der Waals surface area contributed by atoms with Crippen LogP contribution in [0.3, 0.4) is 0 Å². The van der Waals surface area contributed by atoms with Crippen molar-refractivity contribution >= 4 is 36.3 Å². The third-order valence-electron chi connectivity index (χ3n) is 3.89. The average Bonchev–Trinajstić information content (AvgIpc) is 2.62. The van der Waals surface area contributed by atoms with Gasteiger partial charge in [-0.15, -0.1) is 0 Å². The fourth-order valence-electron chi connectivity index (χ4n) is 2.34. The number of carbonyl (C=O) groups is 4. The maximum absolute atomic E-state index is 12.4. The van der Waals surface area contributed by atoms with E-state index < -0.39 is 48.4 Å². The van der Waals surface area contributed by atoms with Crippen molar-refractivity contribution in [3.8, 4) is 0 Å². The number of amides is 3. The van der Waals surface area contributed by atoms with Gasteiger partial charge in [-0.25, -0.2) is 4.79 Å². The highest BCUT2D eigenvalue weighted by Gasteiger charge is 2.25. The predicted octanol–water partition coefficient (Wildman–Crippen LogP) is -1.41. The van der Waals surface area contributed by atoms with E-state index in [0.29, 0.717) is 25.8 Å². The van der Waals surface area contributed by atoms with Gasteiger partial charge in [0.25, 0.3) is 0 Å². The Morgan fingerprint density at radius 1 is 1.04 bits per heavy atom. The van der Waals surface area contributed by atoms with Gasteiger partial charge >= 0.3 is 5.97 Å². The molecule has 3 atom stereocenters. The van der Waals surface area contributed by atoms with Gasteiger partial charge in [-0.3, -0.25) is 14.4 Å². The number of carbonyl (C=O) groups excluding carboxylic acids is 3. The summed E-state index contributed by atoms with van der Waals surface area (Å²) in [5.74, 6) is -2.83. The summed E-state index contributed by atoms with van der Waals surface area (Å²) in [5.41, 5.74) is 11.3. The molecule has 10 nitrogen and oxygen atoms in total. The summed E-state index contributed by atoms with van der Waals surface area (Å²) >= 11 is 3.85. The fraction of sp³-hybridized carbons (Fsp3) is 0.765. The van der Waals surface area contributed by atoms with Crippen molar-refractivity contribution in [1.82, 2.24) is 16.0 Å². The number of carboxylic acid groups (broad SMARTS) is 1. The molecule has 11 heteroatoms. The Morgan fingerprint density at radius 3 is 2.18 bits per heavy atom. The first-order valence-corrected chi connectivity index (χ1v) is 9.92. The first-order chi connectivity index (χ1) is 13.1. The molecule has 3 unspecified atom stereocenters. The lowest BCUT2D eigenvalue weighted by atomic mass is 10.0. The lowest BCUT2D eigenvalue weighted by Gasteiger charge is -2.22. The summed E-state index contributed by atoms with van der Waals surface area (Å²) in [6.07, 6.45) is 2.29. The molecule has 162 valence electrons. The van der Waals surface area contributed by atoms with Gasteiger partial charge < -0.3 is 32.5 Å². The molecule has 0 spiro atoms.